The molecular formula is C24H28BrClN2O. The second-order valence-corrected chi connectivity index (χ2v) is 8.35. The molecule has 2 aromatic carbocycles. The number of hydrogen-bond acceptors (Lipinski definition) is 2. The third kappa shape index (κ3) is 6.52. The summed E-state index contributed by atoms with van der Waals surface area (Å²) in [5, 5.41) is 0.739. The monoisotopic (exact) mass is 474 g/mol. The normalized spacial score (nSPS) is 14.7. The van der Waals surface area contributed by atoms with Crippen LogP contribution < -0.4 is 10.5 Å². The van der Waals surface area contributed by atoms with Crippen LogP contribution in [0, 0.1) is 12.8 Å². The SMILES string of the molecule is C#C.COc1ccc(Br)cc1CCc1c(Cl)cccc1C(N)=NC1CCCCC1. The Bertz CT molecular complexity index is 857. The molecule has 0 aromatic heterocycles. The van der Waals surface area contributed by atoms with Gasteiger partial charge in [-0.2, -0.15) is 0 Å². The first-order chi connectivity index (χ1) is 14.1. The lowest BCUT2D eigenvalue weighted by Gasteiger charge is -2.19. The second kappa shape index (κ2) is 11.9. The largest absolute Gasteiger partial charge is 0.496 e. The molecule has 0 atom stereocenters. The summed E-state index contributed by atoms with van der Waals surface area (Å²) in [7, 11) is 1.70. The number of aliphatic imine (C=N–C) groups is 1. The third-order valence-electron chi connectivity index (χ3n) is 5.18. The van der Waals surface area contributed by atoms with Crippen molar-refractivity contribution in [2.24, 2.45) is 10.7 Å². The first-order valence-corrected chi connectivity index (χ1v) is 11.0. The molecule has 0 amide bonds. The van der Waals surface area contributed by atoms with E-state index in [0.29, 0.717) is 11.9 Å². The highest BCUT2D eigenvalue weighted by molar-refractivity contribution is 9.10. The molecule has 2 aromatic rings. The highest BCUT2D eigenvalue weighted by Gasteiger charge is 2.16. The van der Waals surface area contributed by atoms with Gasteiger partial charge >= 0.3 is 0 Å². The Morgan fingerprint density at radius 1 is 1.17 bits per heavy atom. The molecule has 0 unspecified atom stereocenters. The van der Waals surface area contributed by atoms with E-state index in [1.54, 1.807) is 7.11 Å². The van der Waals surface area contributed by atoms with Crippen LogP contribution in [0.1, 0.15) is 48.8 Å². The summed E-state index contributed by atoms with van der Waals surface area (Å²) >= 11 is 10.1. The quantitative estimate of drug-likeness (QED) is 0.308. The van der Waals surface area contributed by atoms with E-state index in [1.165, 1.54) is 19.3 Å². The van der Waals surface area contributed by atoms with Crippen LogP contribution in [0.15, 0.2) is 45.9 Å². The summed E-state index contributed by atoms with van der Waals surface area (Å²) in [6, 6.07) is 12.3. The summed E-state index contributed by atoms with van der Waals surface area (Å²) in [5.41, 5.74) is 9.56. The van der Waals surface area contributed by atoms with Gasteiger partial charge < -0.3 is 10.5 Å². The number of nitrogens with zero attached hydrogens (tertiary/aromatic N) is 1. The van der Waals surface area contributed by atoms with E-state index in [1.807, 2.05) is 30.3 Å². The highest BCUT2D eigenvalue weighted by atomic mass is 79.9. The summed E-state index contributed by atoms with van der Waals surface area (Å²) < 4.78 is 6.53. The zero-order valence-corrected chi connectivity index (χ0v) is 19.2. The Kier molecular flexibility index (Phi) is 9.57. The third-order valence-corrected chi connectivity index (χ3v) is 6.03. The fourth-order valence-corrected chi connectivity index (χ4v) is 4.41. The lowest BCUT2D eigenvalue weighted by Crippen LogP contribution is -2.21. The Hall–Kier alpha value is -1.96. The molecule has 1 fully saturated rings. The molecule has 0 bridgehead atoms. The molecule has 1 aliphatic carbocycles. The van der Waals surface area contributed by atoms with Crippen molar-refractivity contribution in [3.8, 4) is 18.6 Å². The molecular weight excluding hydrogens is 448 g/mol. The Labute approximate surface area is 187 Å². The molecule has 154 valence electrons. The van der Waals surface area contributed by atoms with Crippen LogP contribution in [0.25, 0.3) is 0 Å². The van der Waals surface area contributed by atoms with E-state index in [0.717, 1.165) is 57.6 Å². The van der Waals surface area contributed by atoms with Gasteiger partial charge in [-0.05, 0) is 61.1 Å². The molecule has 29 heavy (non-hydrogen) atoms. The molecule has 5 heteroatoms. The Balaban J connectivity index is 0.00000145. The van der Waals surface area contributed by atoms with E-state index in [9.17, 15) is 0 Å². The van der Waals surface area contributed by atoms with Gasteiger partial charge in [-0.15, -0.1) is 12.8 Å². The van der Waals surface area contributed by atoms with Gasteiger partial charge in [0.2, 0.25) is 0 Å². The lowest BCUT2D eigenvalue weighted by atomic mass is 9.95. The zero-order valence-electron chi connectivity index (χ0n) is 16.8. The summed E-state index contributed by atoms with van der Waals surface area (Å²) in [4.78, 5) is 4.81. The molecule has 3 rings (SSSR count). The van der Waals surface area contributed by atoms with Gasteiger partial charge in [0.05, 0.1) is 13.2 Å². The summed E-state index contributed by atoms with van der Waals surface area (Å²) in [6.45, 7) is 0. The lowest BCUT2D eigenvalue weighted by molar-refractivity contribution is 0.409. The number of methoxy groups -OCH3 is 1. The van der Waals surface area contributed by atoms with E-state index in [-0.39, 0.29) is 0 Å². The van der Waals surface area contributed by atoms with Gasteiger partial charge in [-0.25, -0.2) is 0 Å². The van der Waals surface area contributed by atoms with Crippen LogP contribution in [0.4, 0.5) is 0 Å². The minimum Gasteiger partial charge on any atom is -0.496 e. The van der Waals surface area contributed by atoms with Gasteiger partial charge in [-0.3, -0.25) is 4.99 Å². The van der Waals surface area contributed by atoms with E-state index >= 15 is 0 Å². The summed E-state index contributed by atoms with van der Waals surface area (Å²) in [5.74, 6) is 1.50. The second-order valence-electron chi connectivity index (χ2n) is 7.03. The van der Waals surface area contributed by atoms with Crippen molar-refractivity contribution in [1.29, 1.82) is 0 Å². The van der Waals surface area contributed by atoms with Crippen molar-refractivity contribution in [2.45, 2.75) is 51.0 Å². The first kappa shape index (κ1) is 23.3. The maximum Gasteiger partial charge on any atom is 0.126 e. The van der Waals surface area contributed by atoms with Crippen molar-refractivity contribution in [1.82, 2.24) is 0 Å². The number of hydrogen-bond donors (Lipinski definition) is 1. The van der Waals surface area contributed by atoms with Crippen molar-refractivity contribution < 1.29 is 4.74 Å². The Morgan fingerprint density at radius 3 is 2.59 bits per heavy atom. The van der Waals surface area contributed by atoms with Crippen molar-refractivity contribution >= 4 is 33.4 Å². The number of terminal acetylenes is 1. The van der Waals surface area contributed by atoms with Crippen molar-refractivity contribution in [2.75, 3.05) is 7.11 Å². The maximum absolute atomic E-state index is 6.54. The standard InChI is InChI=1S/C22H26BrClN2O.C2H2/c1-27-21-13-11-16(23)14-15(21)10-12-18-19(8-5-9-20(18)24)22(25)26-17-6-3-2-4-7-17;1-2/h5,8-9,11,13-14,17H,2-4,6-7,10,12H2,1H3,(H2,25,26);1-2H. The van der Waals surface area contributed by atoms with Gasteiger partial charge in [0.25, 0.3) is 0 Å². The fraction of sp³-hybridized carbons (Fsp3) is 0.375. The van der Waals surface area contributed by atoms with Gasteiger partial charge in [0.1, 0.15) is 11.6 Å². The van der Waals surface area contributed by atoms with Crippen LogP contribution in [-0.2, 0) is 12.8 Å². The predicted octanol–water partition coefficient (Wildman–Crippen LogP) is 6.18. The number of halogens is 2. The van der Waals surface area contributed by atoms with Crippen LogP contribution in [0.2, 0.25) is 5.02 Å². The smallest absolute Gasteiger partial charge is 0.126 e. The minimum atomic E-state index is 0.343. The zero-order chi connectivity index (χ0) is 21.2. The van der Waals surface area contributed by atoms with Crippen LogP contribution in [-0.4, -0.2) is 19.0 Å². The molecule has 0 spiro atoms. The first-order valence-electron chi connectivity index (χ1n) is 9.85. The van der Waals surface area contributed by atoms with Gasteiger partial charge in [0, 0.05) is 15.1 Å². The number of amidine groups is 1. The number of rotatable bonds is 6. The average molecular weight is 476 g/mol. The van der Waals surface area contributed by atoms with Crippen molar-refractivity contribution in [3.05, 3.63) is 62.6 Å². The predicted molar refractivity (Wildman–Crippen MR) is 127 cm³/mol. The van der Waals surface area contributed by atoms with Crippen molar-refractivity contribution in [3.63, 3.8) is 0 Å². The molecule has 1 aliphatic rings. The van der Waals surface area contributed by atoms with Crippen LogP contribution in [0.5, 0.6) is 5.75 Å². The molecule has 0 aliphatic heterocycles. The fourth-order valence-electron chi connectivity index (χ4n) is 3.73. The highest BCUT2D eigenvalue weighted by Crippen LogP contribution is 2.28. The van der Waals surface area contributed by atoms with Gasteiger partial charge in [-0.1, -0.05) is 58.9 Å². The average Bonchev–Trinajstić information content (AvgIpc) is 2.75. The van der Waals surface area contributed by atoms with Gasteiger partial charge in [0.15, 0.2) is 0 Å². The molecule has 3 nitrogen and oxygen atoms in total. The van der Waals surface area contributed by atoms with E-state index in [4.69, 9.17) is 27.1 Å². The number of nitrogens with two attached hydrogens (primary N) is 1. The topological polar surface area (TPSA) is 47.6 Å². The minimum absolute atomic E-state index is 0.343. The van der Waals surface area contributed by atoms with Crippen LogP contribution in [0.3, 0.4) is 0 Å². The molecule has 0 radical (unpaired) electrons. The Morgan fingerprint density at radius 2 is 1.90 bits per heavy atom. The van der Waals surface area contributed by atoms with Crippen LogP contribution >= 0.6 is 27.5 Å². The molecule has 0 heterocycles. The number of aryl methyl sites for hydroxylation is 1. The van der Waals surface area contributed by atoms with E-state index < -0.39 is 0 Å². The molecule has 0 saturated heterocycles. The molecule has 2 N–H and O–H groups in total. The summed E-state index contributed by atoms with van der Waals surface area (Å²) in [6.07, 6.45) is 15.7. The molecule has 1 saturated carbocycles. The number of benzene rings is 2. The number of ether oxygens (including phenoxy) is 1. The van der Waals surface area contributed by atoms with E-state index in [2.05, 4.69) is 34.8 Å². The maximum atomic E-state index is 6.54.